The Kier molecular flexibility index (Phi) is 11.3. The molecule has 0 radical (unpaired) electrons. The topological polar surface area (TPSA) is 157 Å². The summed E-state index contributed by atoms with van der Waals surface area (Å²) >= 11 is 12.8. The monoisotopic (exact) mass is 691 g/mol. The first kappa shape index (κ1) is 34.5. The van der Waals surface area contributed by atoms with Crippen molar-refractivity contribution in [3.8, 4) is 16.8 Å². The maximum Gasteiger partial charge on any atom is 0.411 e. The smallest absolute Gasteiger partial charge is 0.411 e. The van der Waals surface area contributed by atoms with Crippen LogP contribution in [0.2, 0.25) is 10.2 Å². The summed E-state index contributed by atoms with van der Waals surface area (Å²) in [5.41, 5.74) is 3.67. The summed E-state index contributed by atoms with van der Waals surface area (Å²) in [5, 5.41) is 26.3. The van der Waals surface area contributed by atoms with Gasteiger partial charge in [-0.05, 0) is 83.6 Å². The van der Waals surface area contributed by atoms with Crippen molar-refractivity contribution in [3.05, 3.63) is 82.4 Å². The molecule has 1 aliphatic rings. The van der Waals surface area contributed by atoms with Crippen LogP contribution in [-0.4, -0.2) is 73.4 Å². The van der Waals surface area contributed by atoms with E-state index in [9.17, 15) is 14.4 Å². The second-order valence-electron chi connectivity index (χ2n) is 11.7. The normalized spacial score (nSPS) is 15.4. The SMILES string of the molecule is COC(=O)Nc1ccc(-c2cc([C@H](CC3CCCN(C(=O)C(C)C)C3)NC(=O)C=Cc3cc(Cl)ccc3-n3cnnn3)nnc2Cl)cc1. The van der Waals surface area contributed by atoms with Gasteiger partial charge in [-0.3, -0.25) is 14.9 Å². The highest BCUT2D eigenvalue weighted by Crippen LogP contribution is 2.32. The van der Waals surface area contributed by atoms with Crippen LogP contribution in [0.25, 0.3) is 22.9 Å². The molecule has 3 amide bonds. The van der Waals surface area contributed by atoms with Gasteiger partial charge >= 0.3 is 6.09 Å². The molecule has 1 fully saturated rings. The third-order valence-corrected chi connectivity index (χ3v) is 8.48. The van der Waals surface area contributed by atoms with Crippen LogP contribution in [0.15, 0.2) is 60.9 Å². The van der Waals surface area contributed by atoms with Crippen LogP contribution < -0.4 is 10.6 Å². The number of hydrogen-bond acceptors (Lipinski definition) is 9. The Morgan fingerprint density at radius 3 is 2.58 bits per heavy atom. The number of nitrogens with zero attached hydrogens (tertiary/aromatic N) is 7. The number of aromatic nitrogens is 6. The molecule has 0 aliphatic carbocycles. The quantitative estimate of drug-likeness (QED) is 0.197. The number of tetrazole rings is 1. The lowest BCUT2D eigenvalue weighted by Gasteiger charge is -2.35. The van der Waals surface area contributed by atoms with Crippen molar-refractivity contribution in [2.24, 2.45) is 11.8 Å². The molecule has 5 rings (SSSR count). The van der Waals surface area contributed by atoms with Gasteiger partial charge in [0.05, 0.1) is 24.5 Å². The highest BCUT2D eigenvalue weighted by atomic mass is 35.5. The molecular formula is C33H35Cl2N9O4. The third-order valence-electron chi connectivity index (χ3n) is 7.96. The summed E-state index contributed by atoms with van der Waals surface area (Å²) in [6, 6.07) is 13.4. The predicted octanol–water partition coefficient (Wildman–Crippen LogP) is 5.76. The minimum absolute atomic E-state index is 0.104. The van der Waals surface area contributed by atoms with Crippen LogP contribution in [-0.2, 0) is 14.3 Å². The van der Waals surface area contributed by atoms with E-state index in [4.69, 9.17) is 23.2 Å². The number of hydrogen-bond donors (Lipinski definition) is 2. The Bertz CT molecular complexity index is 1780. The van der Waals surface area contributed by atoms with Gasteiger partial charge < -0.3 is 15.0 Å². The molecule has 15 heteroatoms. The molecule has 250 valence electrons. The Balaban J connectivity index is 1.42. The van der Waals surface area contributed by atoms with E-state index < -0.39 is 12.1 Å². The fourth-order valence-electron chi connectivity index (χ4n) is 5.60. The van der Waals surface area contributed by atoms with Gasteiger partial charge in [0, 0.05) is 46.9 Å². The van der Waals surface area contributed by atoms with E-state index in [1.165, 1.54) is 24.2 Å². The van der Waals surface area contributed by atoms with E-state index in [1.807, 2.05) is 18.7 Å². The maximum atomic E-state index is 13.5. The van der Waals surface area contributed by atoms with Gasteiger partial charge in [0.2, 0.25) is 11.8 Å². The fourth-order valence-corrected chi connectivity index (χ4v) is 5.98. The maximum absolute atomic E-state index is 13.5. The Morgan fingerprint density at radius 1 is 1.08 bits per heavy atom. The van der Waals surface area contributed by atoms with Crippen LogP contribution in [0.3, 0.4) is 0 Å². The second kappa shape index (κ2) is 15.8. The van der Waals surface area contributed by atoms with Crippen LogP contribution in [0.4, 0.5) is 10.5 Å². The Hall–Kier alpha value is -4.88. The summed E-state index contributed by atoms with van der Waals surface area (Å²) in [5.74, 6) is -0.250. The molecule has 2 aromatic carbocycles. The van der Waals surface area contributed by atoms with Gasteiger partial charge in [-0.25, -0.2) is 4.79 Å². The largest absolute Gasteiger partial charge is 0.453 e. The average molecular weight is 693 g/mol. The van der Waals surface area contributed by atoms with E-state index in [0.29, 0.717) is 52.7 Å². The number of carbonyl (C=O) groups excluding carboxylic acids is 3. The van der Waals surface area contributed by atoms with Crippen molar-refractivity contribution in [2.45, 2.75) is 39.2 Å². The van der Waals surface area contributed by atoms with Crippen molar-refractivity contribution >= 4 is 52.9 Å². The van der Waals surface area contributed by atoms with Gasteiger partial charge in [-0.15, -0.1) is 10.2 Å². The molecule has 0 bridgehead atoms. The van der Waals surface area contributed by atoms with Crippen LogP contribution >= 0.6 is 23.2 Å². The summed E-state index contributed by atoms with van der Waals surface area (Å²) in [7, 11) is 1.29. The number of likely N-dealkylation sites (tertiary alicyclic amines) is 1. The molecule has 0 spiro atoms. The summed E-state index contributed by atoms with van der Waals surface area (Å²) in [6.07, 6.45) is 6.20. The van der Waals surface area contributed by atoms with E-state index >= 15 is 0 Å². The second-order valence-corrected chi connectivity index (χ2v) is 12.5. The summed E-state index contributed by atoms with van der Waals surface area (Å²) < 4.78 is 6.14. The van der Waals surface area contributed by atoms with E-state index in [2.05, 4.69) is 41.1 Å². The molecule has 1 aliphatic heterocycles. The van der Waals surface area contributed by atoms with E-state index in [1.54, 1.807) is 54.6 Å². The molecule has 3 heterocycles. The first-order valence-corrected chi connectivity index (χ1v) is 16.2. The first-order chi connectivity index (χ1) is 23.1. The number of rotatable bonds is 10. The number of nitrogens with one attached hydrogen (secondary N) is 2. The number of carbonyl (C=O) groups is 3. The van der Waals surface area contributed by atoms with E-state index in [0.717, 1.165) is 18.4 Å². The number of benzene rings is 2. The number of amides is 3. The standard InChI is InChI=1S/C33H35Cl2N9O4/c1-20(2)32(46)43-14-4-5-21(18-43)15-27(38-30(45)13-8-23-16-24(34)9-12-29(23)44-19-36-41-42-44)28-17-26(31(35)40-39-28)22-6-10-25(11-7-22)37-33(47)48-3/h6-13,16-17,19-21,27H,4-5,14-15,18H2,1-3H3,(H,37,47)(H,38,45)/t21?,27-/m0/s1. The number of halogens is 2. The minimum Gasteiger partial charge on any atom is -0.453 e. The zero-order valence-electron chi connectivity index (χ0n) is 26.6. The Morgan fingerprint density at radius 2 is 1.88 bits per heavy atom. The lowest BCUT2D eigenvalue weighted by molar-refractivity contribution is -0.136. The summed E-state index contributed by atoms with van der Waals surface area (Å²) in [4.78, 5) is 39.8. The van der Waals surface area contributed by atoms with Crippen LogP contribution in [0, 0.1) is 11.8 Å². The molecule has 2 N–H and O–H groups in total. The molecular weight excluding hydrogens is 657 g/mol. The van der Waals surface area contributed by atoms with Gasteiger partial charge in [-0.1, -0.05) is 49.2 Å². The average Bonchev–Trinajstić information content (AvgIpc) is 3.62. The van der Waals surface area contributed by atoms with E-state index in [-0.39, 0.29) is 28.8 Å². The van der Waals surface area contributed by atoms with Crippen molar-refractivity contribution < 1.29 is 19.1 Å². The minimum atomic E-state index is -0.584. The molecule has 13 nitrogen and oxygen atoms in total. The number of ether oxygens (including phenoxy) is 1. The van der Waals surface area contributed by atoms with Gasteiger partial charge in [0.1, 0.15) is 6.33 Å². The highest BCUT2D eigenvalue weighted by Gasteiger charge is 2.29. The number of anilines is 1. The van der Waals surface area contributed by atoms with Gasteiger partial charge in [0.25, 0.3) is 0 Å². The van der Waals surface area contributed by atoms with Gasteiger partial charge in [-0.2, -0.15) is 9.78 Å². The number of methoxy groups -OCH3 is 1. The lowest BCUT2D eigenvalue weighted by Crippen LogP contribution is -2.43. The fraction of sp³-hybridized carbons (Fsp3) is 0.333. The van der Waals surface area contributed by atoms with Crippen molar-refractivity contribution in [1.82, 2.24) is 40.6 Å². The third kappa shape index (κ3) is 8.72. The zero-order valence-corrected chi connectivity index (χ0v) is 28.1. The molecule has 4 aromatic rings. The Labute approximate surface area is 287 Å². The lowest BCUT2D eigenvalue weighted by atomic mass is 9.89. The van der Waals surface area contributed by atoms with Crippen LogP contribution in [0.1, 0.15) is 50.4 Å². The first-order valence-electron chi connectivity index (χ1n) is 15.4. The van der Waals surface area contributed by atoms with Gasteiger partial charge in [0.15, 0.2) is 5.15 Å². The molecule has 0 saturated carbocycles. The van der Waals surface area contributed by atoms with Crippen molar-refractivity contribution in [2.75, 3.05) is 25.5 Å². The van der Waals surface area contributed by atoms with Crippen LogP contribution in [0.5, 0.6) is 0 Å². The molecule has 1 unspecified atom stereocenters. The number of piperidine rings is 1. The predicted molar refractivity (Wildman–Crippen MR) is 181 cm³/mol. The molecule has 2 aromatic heterocycles. The molecule has 48 heavy (non-hydrogen) atoms. The van der Waals surface area contributed by atoms with Crippen molar-refractivity contribution in [3.63, 3.8) is 0 Å². The summed E-state index contributed by atoms with van der Waals surface area (Å²) in [6.45, 7) is 5.09. The molecule has 1 saturated heterocycles. The zero-order chi connectivity index (χ0) is 34.2. The van der Waals surface area contributed by atoms with Crippen molar-refractivity contribution in [1.29, 1.82) is 0 Å². The molecule has 2 atom stereocenters. The highest BCUT2D eigenvalue weighted by molar-refractivity contribution is 6.32.